The van der Waals surface area contributed by atoms with Crippen LogP contribution in [0.15, 0.2) is 48.5 Å². The molecule has 0 spiro atoms. The number of hydrogen-bond donors (Lipinski definition) is 1. The number of carbonyl (C=O) groups is 1. The van der Waals surface area contributed by atoms with Gasteiger partial charge >= 0.3 is 0 Å². The summed E-state index contributed by atoms with van der Waals surface area (Å²) in [7, 11) is 1.63. The maximum absolute atomic E-state index is 12.3. The van der Waals surface area contributed by atoms with Gasteiger partial charge in [-0.1, -0.05) is 30.3 Å². The zero-order valence-corrected chi connectivity index (χ0v) is 14.1. The van der Waals surface area contributed by atoms with Crippen molar-refractivity contribution in [2.75, 3.05) is 30.4 Å². The maximum atomic E-state index is 12.3. The quantitative estimate of drug-likeness (QED) is 0.877. The summed E-state index contributed by atoms with van der Waals surface area (Å²) in [5.74, 6) is 0.710. The van der Waals surface area contributed by atoms with Crippen molar-refractivity contribution in [1.29, 1.82) is 0 Å². The Morgan fingerprint density at radius 3 is 2.58 bits per heavy atom. The van der Waals surface area contributed by atoms with Crippen LogP contribution in [-0.4, -0.2) is 26.1 Å². The van der Waals surface area contributed by atoms with Gasteiger partial charge in [0.25, 0.3) is 0 Å². The summed E-state index contributed by atoms with van der Waals surface area (Å²) in [5.41, 5.74) is 3.07. The SMILES string of the molecule is COc1ccc(N2CCCC2)cc1NC(=O)CCc1ccccc1. The van der Waals surface area contributed by atoms with Crippen LogP contribution < -0.4 is 15.0 Å². The van der Waals surface area contributed by atoms with Crippen LogP contribution in [0.2, 0.25) is 0 Å². The number of hydrogen-bond acceptors (Lipinski definition) is 3. The molecule has 3 rings (SSSR count). The van der Waals surface area contributed by atoms with Crippen LogP contribution in [0.3, 0.4) is 0 Å². The van der Waals surface area contributed by atoms with E-state index in [2.05, 4.69) is 16.3 Å². The Balaban J connectivity index is 1.66. The molecule has 1 aliphatic heterocycles. The molecule has 1 fully saturated rings. The topological polar surface area (TPSA) is 41.6 Å². The molecule has 4 heteroatoms. The minimum Gasteiger partial charge on any atom is -0.495 e. The van der Waals surface area contributed by atoms with Crippen molar-refractivity contribution in [2.24, 2.45) is 0 Å². The molecule has 1 N–H and O–H groups in total. The van der Waals surface area contributed by atoms with Gasteiger partial charge in [-0.3, -0.25) is 4.79 Å². The van der Waals surface area contributed by atoms with Gasteiger partial charge in [-0.2, -0.15) is 0 Å². The van der Waals surface area contributed by atoms with E-state index in [0.29, 0.717) is 12.2 Å². The van der Waals surface area contributed by atoms with E-state index in [1.54, 1.807) is 7.11 Å². The van der Waals surface area contributed by atoms with Crippen molar-refractivity contribution in [2.45, 2.75) is 25.7 Å². The summed E-state index contributed by atoms with van der Waals surface area (Å²) in [4.78, 5) is 14.7. The third kappa shape index (κ3) is 4.07. The van der Waals surface area contributed by atoms with E-state index in [-0.39, 0.29) is 5.91 Å². The van der Waals surface area contributed by atoms with Crippen molar-refractivity contribution in [3.63, 3.8) is 0 Å². The van der Waals surface area contributed by atoms with Crippen molar-refractivity contribution < 1.29 is 9.53 Å². The highest BCUT2D eigenvalue weighted by atomic mass is 16.5. The van der Waals surface area contributed by atoms with E-state index < -0.39 is 0 Å². The van der Waals surface area contributed by atoms with Gasteiger partial charge in [-0.25, -0.2) is 0 Å². The minimum absolute atomic E-state index is 0.00993. The van der Waals surface area contributed by atoms with Gasteiger partial charge in [0.15, 0.2) is 0 Å². The molecule has 126 valence electrons. The van der Waals surface area contributed by atoms with Crippen LogP contribution in [0.5, 0.6) is 5.75 Å². The summed E-state index contributed by atoms with van der Waals surface area (Å²) < 4.78 is 5.39. The lowest BCUT2D eigenvalue weighted by Crippen LogP contribution is -2.18. The van der Waals surface area contributed by atoms with E-state index in [1.165, 1.54) is 18.4 Å². The molecule has 1 aliphatic rings. The predicted octanol–water partition coefficient (Wildman–Crippen LogP) is 3.87. The van der Waals surface area contributed by atoms with Gasteiger partial charge in [0, 0.05) is 25.2 Å². The normalized spacial score (nSPS) is 13.8. The lowest BCUT2D eigenvalue weighted by Gasteiger charge is -2.20. The molecule has 24 heavy (non-hydrogen) atoms. The number of nitrogens with zero attached hydrogens (tertiary/aromatic N) is 1. The van der Waals surface area contributed by atoms with E-state index in [4.69, 9.17) is 4.74 Å². The van der Waals surface area contributed by atoms with E-state index in [9.17, 15) is 4.79 Å². The number of aryl methyl sites for hydroxylation is 1. The van der Waals surface area contributed by atoms with Crippen LogP contribution in [-0.2, 0) is 11.2 Å². The first kappa shape index (κ1) is 16.4. The third-order valence-electron chi connectivity index (χ3n) is 4.41. The number of nitrogens with one attached hydrogen (secondary N) is 1. The second kappa shape index (κ2) is 7.86. The summed E-state index contributed by atoms with van der Waals surface area (Å²) >= 11 is 0. The lowest BCUT2D eigenvalue weighted by molar-refractivity contribution is -0.116. The van der Waals surface area contributed by atoms with Gasteiger partial charge in [-0.15, -0.1) is 0 Å². The Morgan fingerprint density at radius 2 is 1.88 bits per heavy atom. The van der Waals surface area contributed by atoms with Gasteiger partial charge in [0.1, 0.15) is 5.75 Å². The molecule has 1 amide bonds. The van der Waals surface area contributed by atoms with Crippen molar-refractivity contribution in [3.05, 3.63) is 54.1 Å². The number of rotatable bonds is 6. The molecule has 0 unspecified atom stereocenters. The highest BCUT2D eigenvalue weighted by Gasteiger charge is 2.15. The number of benzene rings is 2. The minimum atomic E-state index is 0.00993. The molecule has 0 aliphatic carbocycles. The van der Waals surface area contributed by atoms with E-state index in [0.717, 1.165) is 30.9 Å². The van der Waals surface area contributed by atoms with Crippen LogP contribution in [0, 0.1) is 0 Å². The van der Waals surface area contributed by atoms with Crippen LogP contribution in [0.4, 0.5) is 11.4 Å². The monoisotopic (exact) mass is 324 g/mol. The molecule has 0 saturated carbocycles. The molecule has 2 aromatic rings. The first-order valence-electron chi connectivity index (χ1n) is 8.53. The average Bonchev–Trinajstić information content (AvgIpc) is 3.15. The average molecular weight is 324 g/mol. The van der Waals surface area contributed by atoms with Crippen molar-refractivity contribution in [1.82, 2.24) is 0 Å². The Morgan fingerprint density at radius 1 is 1.12 bits per heavy atom. The summed E-state index contributed by atoms with van der Waals surface area (Å²) in [5, 5.41) is 3.00. The number of amides is 1. The van der Waals surface area contributed by atoms with Crippen LogP contribution in [0.25, 0.3) is 0 Å². The summed E-state index contributed by atoms with van der Waals surface area (Å²) in [6, 6.07) is 16.1. The number of anilines is 2. The lowest BCUT2D eigenvalue weighted by atomic mass is 10.1. The largest absolute Gasteiger partial charge is 0.495 e. The Bertz CT molecular complexity index is 679. The van der Waals surface area contributed by atoms with Crippen molar-refractivity contribution >= 4 is 17.3 Å². The number of methoxy groups -OCH3 is 1. The fourth-order valence-electron chi connectivity index (χ4n) is 3.08. The molecule has 0 aromatic heterocycles. The van der Waals surface area contributed by atoms with Crippen molar-refractivity contribution in [3.8, 4) is 5.75 Å². The highest BCUT2D eigenvalue weighted by Crippen LogP contribution is 2.31. The fraction of sp³-hybridized carbons (Fsp3) is 0.350. The smallest absolute Gasteiger partial charge is 0.224 e. The fourth-order valence-corrected chi connectivity index (χ4v) is 3.08. The summed E-state index contributed by atoms with van der Waals surface area (Å²) in [6.45, 7) is 2.15. The second-order valence-corrected chi connectivity index (χ2v) is 6.11. The Hall–Kier alpha value is -2.49. The number of carbonyl (C=O) groups excluding carboxylic acids is 1. The molecule has 1 heterocycles. The van der Waals surface area contributed by atoms with Gasteiger partial charge < -0.3 is 15.0 Å². The zero-order chi connectivity index (χ0) is 16.8. The van der Waals surface area contributed by atoms with Gasteiger partial charge in [0.05, 0.1) is 12.8 Å². The van der Waals surface area contributed by atoms with E-state index >= 15 is 0 Å². The molecular weight excluding hydrogens is 300 g/mol. The predicted molar refractivity (Wildman–Crippen MR) is 97.8 cm³/mol. The van der Waals surface area contributed by atoms with Gasteiger partial charge in [0.2, 0.25) is 5.91 Å². The number of ether oxygens (including phenoxy) is 1. The highest BCUT2D eigenvalue weighted by molar-refractivity contribution is 5.93. The molecule has 0 radical (unpaired) electrons. The van der Waals surface area contributed by atoms with Crippen LogP contribution in [0.1, 0.15) is 24.8 Å². The zero-order valence-electron chi connectivity index (χ0n) is 14.1. The van der Waals surface area contributed by atoms with Gasteiger partial charge in [-0.05, 0) is 43.0 Å². The summed E-state index contributed by atoms with van der Waals surface area (Å²) in [6.07, 6.45) is 3.65. The molecule has 0 atom stereocenters. The molecule has 1 saturated heterocycles. The molecule has 2 aromatic carbocycles. The Kier molecular flexibility index (Phi) is 5.36. The van der Waals surface area contributed by atoms with E-state index in [1.807, 2.05) is 42.5 Å². The van der Waals surface area contributed by atoms with Crippen LogP contribution >= 0.6 is 0 Å². The first-order chi connectivity index (χ1) is 11.8. The molecule has 0 bridgehead atoms. The molecule has 4 nitrogen and oxygen atoms in total. The maximum Gasteiger partial charge on any atom is 0.224 e. The third-order valence-corrected chi connectivity index (χ3v) is 4.41. The second-order valence-electron chi connectivity index (χ2n) is 6.11. The Labute approximate surface area is 143 Å². The first-order valence-corrected chi connectivity index (χ1v) is 8.53. The molecular formula is C20H24N2O2. The standard InChI is InChI=1S/C20H24N2O2/c1-24-19-11-10-17(22-13-5-6-14-22)15-18(19)21-20(23)12-9-16-7-3-2-4-8-16/h2-4,7-8,10-11,15H,5-6,9,12-14H2,1H3,(H,21,23).